The Morgan fingerprint density at radius 2 is 2.24 bits per heavy atom. The third-order valence-electron chi connectivity index (χ3n) is 2.20. The van der Waals surface area contributed by atoms with Gasteiger partial charge in [0.15, 0.2) is 5.69 Å². The number of carboxylic acid groups (broad SMARTS) is 1. The molecule has 0 fully saturated rings. The molecule has 0 spiro atoms. The summed E-state index contributed by atoms with van der Waals surface area (Å²) in [5.74, 6) is -0.301. The molecule has 1 heterocycles. The molecule has 0 unspecified atom stereocenters. The first-order chi connectivity index (χ1) is 7.93. The standard InChI is InChI=1S/C11H14N4O2/c1-11(2,4-3-10(16)17)15-9-7-13-8(5-12)6-14-9/h6-7H,3-4H2,1-2H3,(H,14,15)(H,16,17). The lowest BCUT2D eigenvalue weighted by molar-refractivity contribution is -0.137. The fourth-order valence-electron chi connectivity index (χ4n) is 1.28. The Morgan fingerprint density at radius 1 is 1.53 bits per heavy atom. The molecular weight excluding hydrogens is 220 g/mol. The molecular formula is C11H14N4O2. The minimum atomic E-state index is -0.828. The third-order valence-corrected chi connectivity index (χ3v) is 2.20. The van der Waals surface area contributed by atoms with Gasteiger partial charge in [-0.1, -0.05) is 0 Å². The Hall–Kier alpha value is -2.16. The molecule has 2 N–H and O–H groups in total. The summed E-state index contributed by atoms with van der Waals surface area (Å²) in [6, 6.07) is 1.88. The highest BCUT2D eigenvalue weighted by Gasteiger charge is 2.19. The van der Waals surface area contributed by atoms with Crippen molar-refractivity contribution in [3.05, 3.63) is 18.1 Å². The highest BCUT2D eigenvalue weighted by atomic mass is 16.4. The van der Waals surface area contributed by atoms with E-state index in [1.165, 1.54) is 12.4 Å². The Bertz CT molecular complexity index is 434. The first-order valence-electron chi connectivity index (χ1n) is 5.15. The molecule has 0 atom stereocenters. The lowest BCUT2D eigenvalue weighted by Gasteiger charge is -2.25. The number of hydrogen-bond donors (Lipinski definition) is 2. The lowest BCUT2D eigenvalue weighted by atomic mass is 9.98. The third kappa shape index (κ3) is 4.47. The number of anilines is 1. The molecule has 0 amide bonds. The number of rotatable bonds is 5. The minimum Gasteiger partial charge on any atom is -0.481 e. The van der Waals surface area contributed by atoms with Crippen LogP contribution < -0.4 is 5.32 Å². The Balaban J connectivity index is 2.62. The van der Waals surface area contributed by atoms with Crippen molar-refractivity contribution in [1.29, 1.82) is 5.26 Å². The summed E-state index contributed by atoms with van der Waals surface area (Å²) in [6.45, 7) is 3.77. The van der Waals surface area contributed by atoms with E-state index in [-0.39, 0.29) is 17.7 Å². The smallest absolute Gasteiger partial charge is 0.303 e. The van der Waals surface area contributed by atoms with Crippen molar-refractivity contribution in [2.45, 2.75) is 32.2 Å². The van der Waals surface area contributed by atoms with Gasteiger partial charge in [0.2, 0.25) is 0 Å². The van der Waals surface area contributed by atoms with E-state index in [0.717, 1.165) is 0 Å². The largest absolute Gasteiger partial charge is 0.481 e. The molecule has 0 aromatic carbocycles. The molecule has 6 heteroatoms. The molecule has 0 bridgehead atoms. The average Bonchev–Trinajstić information content (AvgIpc) is 2.27. The molecule has 0 aliphatic carbocycles. The van der Waals surface area contributed by atoms with E-state index in [1.807, 2.05) is 19.9 Å². The number of carboxylic acids is 1. The summed E-state index contributed by atoms with van der Waals surface area (Å²) in [5.41, 5.74) is -0.139. The maximum atomic E-state index is 10.5. The number of aromatic nitrogens is 2. The molecule has 0 aliphatic rings. The maximum Gasteiger partial charge on any atom is 0.303 e. The normalized spacial score (nSPS) is 10.6. The van der Waals surface area contributed by atoms with Crippen molar-refractivity contribution in [3.8, 4) is 6.07 Å². The van der Waals surface area contributed by atoms with Gasteiger partial charge in [-0.05, 0) is 20.3 Å². The predicted molar refractivity (Wildman–Crippen MR) is 61.3 cm³/mol. The van der Waals surface area contributed by atoms with E-state index < -0.39 is 5.97 Å². The zero-order valence-electron chi connectivity index (χ0n) is 9.77. The highest BCUT2D eigenvalue weighted by Crippen LogP contribution is 2.17. The zero-order chi connectivity index (χ0) is 12.9. The Kier molecular flexibility index (Phi) is 3.99. The lowest BCUT2D eigenvalue weighted by Crippen LogP contribution is -2.32. The molecule has 1 aromatic rings. The number of nitrogens with one attached hydrogen (secondary N) is 1. The summed E-state index contributed by atoms with van der Waals surface area (Å²) in [5, 5.41) is 20.3. The summed E-state index contributed by atoms with van der Waals surface area (Å²) >= 11 is 0. The SMILES string of the molecule is CC(C)(CCC(=O)O)Nc1cnc(C#N)cn1. The maximum absolute atomic E-state index is 10.5. The van der Waals surface area contributed by atoms with Crippen molar-refractivity contribution in [2.75, 3.05) is 5.32 Å². The van der Waals surface area contributed by atoms with Gasteiger partial charge in [-0.3, -0.25) is 4.79 Å². The molecule has 6 nitrogen and oxygen atoms in total. The Labute approximate surface area is 99.3 Å². The van der Waals surface area contributed by atoms with Gasteiger partial charge in [-0.25, -0.2) is 9.97 Å². The number of carbonyl (C=O) groups is 1. The van der Waals surface area contributed by atoms with Gasteiger partial charge in [0.05, 0.1) is 12.4 Å². The van der Waals surface area contributed by atoms with Gasteiger partial charge in [0.1, 0.15) is 11.9 Å². The van der Waals surface area contributed by atoms with Crippen LogP contribution in [-0.2, 0) is 4.79 Å². The van der Waals surface area contributed by atoms with Gasteiger partial charge < -0.3 is 10.4 Å². The van der Waals surface area contributed by atoms with Crippen LogP contribution in [0.15, 0.2) is 12.4 Å². The van der Waals surface area contributed by atoms with Gasteiger partial charge in [-0.15, -0.1) is 0 Å². The highest BCUT2D eigenvalue weighted by molar-refractivity contribution is 5.66. The average molecular weight is 234 g/mol. The van der Waals surface area contributed by atoms with E-state index in [4.69, 9.17) is 10.4 Å². The molecule has 17 heavy (non-hydrogen) atoms. The summed E-state index contributed by atoms with van der Waals surface area (Å²) < 4.78 is 0. The second-order valence-electron chi connectivity index (χ2n) is 4.30. The van der Waals surface area contributed by atoms with Crippen molar-refractivity contribution in [3.63, 3.8) is 0 Å². The summed E-state index contributed by atoms with van der Waals surface area (Å²) in [7, 11) is 0. The van der Waals surface area contributed by atoms with Crippen LogP contribution in [0.5, 0.6) is 0 Å². The van der Waals surface area contributed by atoms with Crippen molar-refractivity contribution in [1.82, 2.24) is 9.97 Å². The van der Waals surface area contributed by atoms with Crippen molar-refractivity contribution in [2.24, 2.45) is 0 Å². The van der Waals surface area contributed by atoms with Gasteiger partial charge >= 0.3 is 5.97 Å². The van der Waals surface area contributed by atoms with Crippen LogP contribution in [0.1, 0.15) is 32.4 Å². The Morgan fingerprint density at radius 3 is 2.71 bits per heavy atom. The van der Waals surface area contributed by atoms with Crippen LogP contribution in [0.25, 0.3) is 0 Å². The van der Waals surface area contributed by atoms with Gasteiger partial charge in [0, 0.05) is 12.0 Å². The van der Waals surface area contributed by atoms with Gasteiger partial charge in [-0.2, -0.15) is 5.26 Å². The number of hydrogen-bond acceptors (Lipinski definition) is 5. The number of aliphatic carboxylic acids is 1. The molecule has 90 valence electrons. The fraction of sp³-hybridized carbons (Fsp3) is 0.455. The second-order valence-corrected chi connectivity index (χ2v) is 4.30. The van der Waals surface area contributed by atoms with E-state index in [9.17, 15) is 4.79 Å². The summed E-state index contributed by atoms with van der Waals surface area (Å²) in [6.07, 6.45) is 3.39. The minimum absolute atomic E-state index is 0.0870. The zero-order valence-corrected chi connectivity index (χ0v) is 9.77. The molecule has 0 saturated heterocycles. The topological polar surface area (TPSA) is 98.9 Å². The molecule has 0 aliphatic heterocycles. The van der Waals surface area contributed by atoms with Crippen LogP contribution in [0, 0.1) is 11.3 Å². The van der Waals surface area contributed by atoms with Gasteiger partial charge in [0.25, 0.3) is 0 Å². The number of nitrogens with zero attached hydrogens (tertiary/aromatic N) is 3. The number of nitriles is 1. The van der Waals surface area contributed by atoms with Crippen LogP contribution in [-0.4, -0.2) is 26.6 Å². The van der Waals surface area contributed by atoms with E-state index >= 15 is 0 Å². The fourth-order valence-corrected chi connectivity index (χ4v) is 1.28. The van der Waals surface area contributed by atoms with Crippen LogP contribution >= 0.6 is 0 Å². The monoisotopic (exact) mass is 234 g/mol. The molecule has 0 saturated carbocycles. The van der Waals surface area contributed by atoms with Crippen LogP contribution in [0.4, 0.5) is 5.82 Å². The molecule has 1 rings (SSSR count). The van der Waals surface area contributed by atoms with E-state index in [1.54, 1.807) is 0 Å². The first-order valence-corrected chi connectivity index (χ1v) is 5.15. The molecule has 1 aromatic heterocycles. The van der Waals surface area contributed by atoms with Crippen molar-refractivity contribution >= 4 is 11.8 Å². The quantitative estimate of drug-likeness (QED) is 0.799. The van der Waals surface area contributed by atoms with E-state index in [0.29, 0.717) is 12.2 Å². The summed E-state index contributed by atoms with van der Waals surface area (Å²) in [4.78, 5) is 18.4. The van der Waals surface area contributed by atoms with Crippen LogP contribution in [0.3, 0.4) is 0 Å². The first kappa shape index (κ1) is 12.9. The van der Waals surface area contributed by atoms with E-state index in [2.05, 4.69) is 15.3 Å². The second kappa shape index (κ2) is 5.25. The predicted octanol–water partition coefficient (Wildman–Crippen LogP) is 1.40. The van der Waals surface area contributed by atoms with Crippen LogP contribution in [0.2, 0.25) is 0 Å². The molecule has 0 radical (unpaired) electrons. The van der Waals surface area contributed by atoms with Crippen molar-refractivity contribution < 1.29 is 9.90 Å².